The van der Waals surface area contributed by atoms with E-state index in [1.807, 2.05) is 0 Å². The number of carbonyl (C=O) groups excluding carboxylic acids is 1. The molecule has 4 atom stereocenters. The molecule has 0 bridgehead atoms. The number of hydrogen-bond acceptors (Lipinski definition) is 6. The van der Waals surface area contributed by atoms with Crippen molar-refractivity contribution in [3.05, 3.63) is 12.2 Å². The summed E-state index contributed by atoms with van der Waals surface area (Å²) < 4.78 is 4.71. The Kier molecular flexibility index (Phi) is 3.81. The van der Waals surface area contributed by atoms with E-state index in [1.165, 1.54) is 0 Å². The molecule has 0 aromatic heterocycles. The minimum Gasteiger partial charge on any atom is -0.456 e. The van der Waals surface area contributed by atoms with Gasteiger partial charge in [0.15, 0.2) is 0 Å². The summed E-state index contributed by atoms with van der Waals surface area (Å²) in [5.74, 6) is -0.621. The van der Waals surface area contributed by atoms with Crippen molar-refractivity contribution in [2.45, 2.75) is 30.8 Å². The van der Waals surface area contributed by atoms with Gasteiger partial charge in [0.25, 0.3) is 0 Å². The van der Waals surface area contributed by atoms with Crippen molar-refractivity contribution in [2.24, 2.45) is 0 Å². The minimum atomic E-state index is -1.56. The molecular formula is C9H14O6. The highest BCUT2D eigenvalue weighted by molar-refractivity contribution is 5.89. The normalized spacial score (nSPS) is 27.3. The molecule has 6 nitrogen and oxygen atoms in total. The van der Waals surface area contributed by atoms with Crippen molar-refractivity contribution in [2.75, 3.05) is 6.61 Å². The second kappa shape index (κ2) is 4.71. The van der Waals surface area contributed by atoms with Crippen molar-refractivity contribution in [1.82, 2.24) is 0 Å². The summed E-state index contributed by atoms with van der Waals surface area (Å²) >= 11 is 0. The molecule has 1 saturated heterocycles. The van der Waals surface area contributed by atoms with Crippen LogP contribution in [0.1, 0.15) is 6.42 Å². The maximum Gasteiger partial charge on any atom is 0.333 e. The van der Waals surface area contributed by atoms with Crippen LogP contribution in [0.3, 0.4) is 0 Å². The summed E-state index contributed by atoms with van der Waals surface area (Å²) in [6.07, 6.45) is -5.27. The van der Waals surface area contributed by atoms with Crippen molar-refractivity contribution < 1.29 is 30.0 Å². The van der Waals surface area contributed by atoms with E-state index in [2.05, 4.69) is 6.58 Å². The third-order valence-electron chi connectivity index (χ3n) is 2.31. The van der Waals surface area contributed by atoms with Gasteiger partial charge in [0, 0.05) is 12.0 Å². The molecule has 0 aliphatic carbocycles. The maximum absolute atomic E-state index is 10.9. The van der Waals surface area contributed by atoms with Gasteiger partial charge in [-0.25, -0.2) is 4.79 Å². The fraction of sp³-hybridized carbons (Fsp3) is 0.667. The second-order valence-corrected chi connectivity index (χ2v) is 3.48. The smallest absolute Gasteiger partial charge is 0.333 e. The Morgan fingerprint density at radius 1 is 1.47 bits per heavy atom. The van der Waals surface area contributed by atoms with Crippen molar-refractivity contribution in [3.8, 4) is 0 Å². The van der Waals surface area contributed by atoms with Gasteiger partial charge in [-0.15, -0.1) is 0 Å². The highest BCUT2D eigenvalue weighted by Gasteiger charge is 2.38. The van der Waals surface area contributed by atoms with Crippen LogP contribution in [-0.4, -0.2) is 57.4 Å². The molecule has 15 heavy (non-hydrogen) atoms. The lowest BCUT2D eigenvalue weighted by atomic mass is 10.0. The Balaban J connectivity index is 2.58. The third kappa shape index (κ3) is 2.54. The molecule has 6 heteroatoms. The molecule has 0 amide bonds. The van der Waals surface area contributed by atoms with Crippen LogP contribution in [0.5, 0.6) is 0 Å². The van der Waals surface area contributed by atoms with Gasteiger partial charge >= 0.3 is 5.97 Å². The van der Waals surface area contributed by atoms with Gasteiger partial charge in [0.1, 0.15) is 24.4 Å². The first-order valence-electron chi connectivity index (χ1n) is 4.51. The van der Waals surface area contributed by atoms with E-state index in [-0.39, 0.29) is 12.0 Å². The van der Waals surface area contributed by atoms with Gasteiger partial charge in [-0.3, -0.25) is 0 Å². The van der Waals surface area contributed by atoms with E-state index in [0.717, 1.165) is 0 Å². The number of aliphatic hydroxyl groups excluding tert-OH is 4. The first-order chi connectivity index (χ1) is 6.97. The average Bonchev–Trinajstić information content (AvgIpc) is 2.56. The Morgan fingerprint density at radius 2 is 2.07 bits per heavy atom. The predicted octanol–water partition coefficient (Wildman–Crippen LogP) is -2.07. The largest absolute Gasteiger partial charge is 0.456 e. The van der Waals surface area contributed by atoms with E-state index in [0.29, 0.717) is 0 Å². The van der Waals surface area contributed by atoms with Gasteiger partial charge in [-0.05, 0) is 0 Å². The van der Waals surface area contributed by atoms with Gasteiger partial charge in [0.05, 0.1) is 6.61 Å². The summed E-state index contributed by atoms with van der Waals surface area (Å²) in [6, 6.07) is 0. The lowest BCUT2D eigenvalue weighted by Gasteiger charge is -2.24. The van der Waals surface area contributed by atoms with Crippen LogP contribution >= 0.6 is 0 Å². The quantitative estimate of drug-likeness (QED) is 0.319. The zero-order valence-corrected chi connectivity index (χ0v) is 8.04. The van der Waals surface area contributed by atoms with E-state index >= 15 is 0 Å². The zero-order valence-electron chi connectivity index (χ0n) is 8.04. The minimum absolute atomic E-state index is 0.106. The Morgan fingerprint density at radius 3 is 2.47 bits per heavy atom. The van der Waals surface area contributed by atoms with E-state index < -0.39 is 37.0 Å². The lowest BCUT2D eigenvalue weighted by molar-refractivity contribution is -0.153. The number of aliphatic hydroxyl groups is 4. The summed E-state index contributed by atoms with van der Waals surface area (Å²) in [7, 11) is 0. The van der Waals surface area contributed by atoms with Crippen molar-refractivity contribution >= 4 is 5.97 Å². The summed E-state index contributed by atoms with van der Waals surface area (Å²) in [4.78, 5) is 10.9. The molecule has 0 radical (unpaired) electrons. The van der Waals surface area contributed by atoms with Crippen LogP contribution in [0.4, 0.5) is 0 Å². The topological polar surface area (TPSA) is 107 Å². The molecule has 4 N–H and O–H groups in total. The Bertz CT molecular complexity index is 247. The Hall–Kier alpha value is -0.950. The molecule has 1 rings (SSSR count). The van der Waals surface area contributed by atoms with Crippen LogP contribution in [0.25, 0.3) is 0 Å². The maximum atomic E-state index is 10.9. The van der Waals surface area contributed by atoms with E-state index in [1.54, 1.807) is 0 Å². The molecule has 0 spiro atoms. The van der Waals surface area contributed by atoms with Crippen LogP contribution in [0.2, 0.25) is 0 Å². The monoisotopic (exact) mass is 218 g/mol. The van der Waals surface area contributed by atoms with Crippen LogP contribution in [0.15, 0.2) is 12.2 Å². The number of esters is 1. The molecule has 86 valence electrons. The molecule has 0 aromatic carbocycles. The number of hydrogen-bond donors (Lipinski definition) is 4. The predicted molar refractivity (Wildman–Crippen MR) is 48.7 cm³/mol. The first-order valence-corrected chi connectivity index (χ1v) is 4.51. The van der Waals surface area contributed by atoms with Crippen LogP contribution in [0, 0.1) is 0 Å². The van der Waals surface area contributed by atoms with Crippen molar-refractivity contribution in [3.63, 3.8) is 0 Å². The van der Waals surface area contributed by atoms with E-state index in [4.69, 9.17) is 14.9 Å². The zero-order chi connectivity index (χ0) is 11.6. The fourth-order valence-electron chi connectivity index (χ4n) is 1.33. The van der Waals surface area contributed by atoms with Crippen LogP contribution in [-0.2, 0) is 9.53 Å². The molecule has 0 aromatic rings. The standard InChI is InChI=1S/C9H14O6/c1-4-2-6(15-9(4)14)8(13)7(12)5(11)3-10/h5-8,10-13H,1-3H2/t5-,6+,7+,8+/m1/s1. The third-order valence-corrected chi connectivity index (χ3v) is 2.31. The van der Waals surface area contributed by atoms with Crippen molar-refractivity contribution in [1.29, 1.82) is 0 Å². The van der Waals surface area contributed by atoms with Gasteiger partial charge < -0.3 is 25.2 Å². The van der Waals surface area contributed by atoms with Gasteiger partial charge in [-0.1, -0.05) is 6.58 Å². The number of carbonyl (C=O) groups is 1. The highest BCUT2D eigenvalue weighted by atomic mass is 16.6. The first kappa shape index (κ1) is 12.1. The second-order valence-electron chi connectivity index (χ2n) is 3.48. The summed E-state index contributed by atoms with van der Waals surface area (Å²) in [5, 5.41) is 36.5. The molecule has 1 fully saturated rings. The van der Waals surface area contributed by atoms with E-state index in [9.17, 15) is 15.0 Å². The number of rotatable bonds is 4. The summed E-state index contributed by atoms with van der Waals surface area (Å²) in [5.41, 5.74) is 0.213. The molecule has 0 unspecified atom stereocenters. The van der Waals surface area contributed by atoms with Gasteiger partial charge in [0.2, 0.25) is 0 Å². The molecule has 1 aliphatic rings. The highest BCUT2D eigenvalue weighted by Crippen LogP contribution is 2.23. The molecule has 1 heterocycles. The fourth-order valence-corrected chi connectivity index (χ4v) is 1.33. The SMILES string of the molecule is C=C1C[C@@H]([C@H](O)[C@@H](O)[C@H](O)CO)OC1=O. The van der Waals surface area contributed by atoms with Crippen LogP contribution < -0.4 is 0 Å². The molecule has 0 saturated carbocycles. The lowest BCUT2D eigenvalue weighted by Crippen LogP contribution is -2.45. The average molecular weight is 218 g/mol. The number of cyclic esters (lactones) is 1. The summed E-state index contributed by atoms with van der Waals surface area (Å²) in [6.45, 7) is 2.73. The van der Waals surface area contributed by atoms with Gasteiger partial charge in [-0.2, -0.15) is 0 Å². The number of ether oxygens (including phenoxy) is 1. The molecule has 1 aliphatic heterocycles. The molecular weight excluding hydrogens is 204 g/mol. The Labute approximate surface area is 86.4 Å².